The van der Waals surface area contributed by atoms with Gasteiger partial charge >= 0.3 is 0 Å². The zero-order chi connectivity index (χ0) is 17.7. The molecule has 2 aromatic carbocycles. The van der Waals surface area contributed by atoms with Gasteiger partial charge in [-0.3, -0.25) is 4.79 Å². The molecule has 0 aliphatic heterocycles. The molecule has 0 atom stereocenters. The normalized spacial score (nSPS) is 10.8. The zero-order valence-electron chi connectivity index (χ0n) is 12.1. The first-order valence-electron chi connectivity index (χ1n) is 6.59. The molecule has 0 aliphatic rings. The molecule has 0 bridgehead atoms. The van der Waals surface area contributed by atoms with Crippen LogP contribution >= 0.6 is 11.6 Å². The molecule has 0 radical (unpaired) electrons. The van der Waals surface area contributed by atoms with Crippen molar-refractivity contribution in [3.05, 3.63) is 64.8 Å². The highest BCUT2D eigenvalue weighted by Crippen LogP contribution is 2.23. The highest BCUT2D eigenvalue weighted by Gasteiger charge is 2.11. The molecule has 0 spiro atoms. The second kappa shape index (κ2) is 7.44. The summed E-state index contributed by atoms with van der Waals surface area (Å²) in [6.45, 7) is 0. The van der Waals surface area contributed by atoms with Crippen LogP contribution in [0.5, 0.6) is 0 Å². The molecule has 0 saturated heterocycles. The number of benzene rings is 2. The van der Waals surface area contributed by atoms with E-state index in [0.29, 0.717) is 17.4 Å². The van der Waals surface area contributed by atoms with Gasteiger partial charge in [-0.15, -0.1) is 0 Å². The molecule has 122 valence electrons. The summed E-state index contributed by atoms with van der Waals surface area (Å²) in [6, 6.07) is 8.99. The summed E-state index contributed by atoms with van der Waals surface area (Å²) in [5, 5.41) is 14.2. The Kier molecular flexibility index (Phi) is 5.35. The number of hydrogen-bond acceptors (Lipinski definition) is 4. The van der Waals surface area contributed by atoms with Crippen molar-refractivity contribution in [2.24, 2.45) is 0 Å². The van der Waals surface area contributed by atoms with Gasteiger partial charge in [-0.05, 0) is 30.3 Å². The fourth-order valence-corrected chi connectivity index (χ4v) is 1.89. The Morgan fingerprint density at radius 1 is 1.25 bits per heavy atom. The predicted molar refractivity (Wildman–Crippen MR) is 88.2 cm³/mol. The minimum Gasteiger partial charge on any atom is -0.398 e. The molecule has 0 aliphatic carbocycles. The Labute approximate surface area is 141 Å². The Bertz CT molecular complexity index is 862. The minimum atomic E-state index is -0.853. The van der Waals surface area contributed by atoms with Gasteiger partial charge in [0.1, 0.15) is 23.3 Å². The molecule has 1 amide bonds. The van der Waals surface area contributed by atoms with Gasteiger partial charge in [-0.25, -0.2) is 8.78 Å². The van der Waals surface area contributed by atoms with E-state index in [1.165, 1.54) is 18.2 Å². The number of rotatable bonds is 4. The van der Waals surface area contributed by atoms with Crippen LogP contribution in [0.2, 0.25) is 5.02 Å². The molecular weight excluding hydrogens is 338 g/mol. The lowest BCUT2D eigenvalue weighted by Gasteiger charge is -2.07. The summed E-state index contributed by atoms with van der Waals surface area (Å²) >= 11 is 5.84. The third-order valence-electron chi connectivity index (χ3n) is 2.93. The second-order valence-electron chi connectivity index (χ2n) is 4.63. The number of carbonyl (C=O) groups is 1. The zero-order valence-corrected chi connectivity index (χ0v) is 12.9. The van der Waals surface area contributed by atoms with Crippen LogP contribution in [-0.4, -0.2) is 5.91 Å². The number of nitrogens with one attached hydrogen (secondary N) is 2. The molecule has 8 heteroatoms. The largest absolute Gasteiger partial charge is 0.398 e. The molecule has 0 saturated carbocycles. The smallest absolute Gasteiger partial charge is 0.267 e. The van der Waals surface area contributed by atoms with Crippen LogP contribution in [0.15, 0.2) is 48.2 Å². The number of nitrogens with two attached hydrogens (primary N) is 1. The maximum atomic E-state index is 13.5. The summed E-state index contributed by atoms with van der Waals surface area (Å²) in [5.74, 6) is -2.32. The van der Waals surface area contributed by atoms with Crippen LogP contribution in [0.3, 0.4) is 0 Å². The minimum absolute atomic E-state index is 0.0764. The van der Waals surface area contributed by atoms with Crippen LogP contribution in [-0.2, 0) is 4.79 Å². The molecule has 0 unspecified atom stereocenters. The summed E-state index contributed by atoms with van der Waals surface area (Å²) in [6.07, 6.45) is 1.02. The van der Waals surface area contributed by atoms with E-state index in [4.69, 9.17) is 22.6 Å². The third kappa shape index (κ3) is 4.21. The lowest BCUT2D eigenvalue weighted by atomic mass is 10.2. The first-order valence-corrected chi connectivity index (χ1v) is 6.96. The van der Waals surface area contributed by atoms with Gasteiger partial charge in [0.2, 0.25) is 0 Å². The first-order chi connectivity index (χ1) is 11.4. The van der Waals surface area contributed by atoms with Crippen molar-refractivity contribution in [3.63, 3.8) is 0 Å². The van der Waals surface area contributed by atoms with E-state index < -0.39 is 17.5 Å². The van der Waals surface area contributed by atoms with E-state index in [-0.39, 0.29) is 16.3 Å². The molecule has 2 aromatic rings. The fraction of sp³-hybridized carbons (Fsp3) is 0. The summed E-state index contributed by atoms with van der Waals surface area (Å²) in [7, 11) is 0. The van der Waals surface area contributed by atoms with Crippen molar-refractivity contribution >= 4 is 34.6 Å². The van der Waals surface area contributed by atoms with Gasteiger partial charge < -0.3 is 16.4 Å². The average molecular weight is 349 g/mol. The molecule has 24 heavy (non-hydrogen) atoms. The van der Waals surface area contributed by atoms with Crippen LogP contribution in [0.1, 0.15) is 0 Å². The number of nitrogen functional groups attached to an aromatic ring is 1. The highest BCUT2D eigenvalue weighted by atomic mass is 35.5. The molecule has 0 aromatic heterocycles. The predicted octanol–water partition coefficient (Wildman–Crippen LogP) is 3.66. The Morgan fingerprint density at radius 3 is 2.62 bits per heavy atom. The van der Waals surface area contributed by atoms with Crippen LogP contribution < -0.4 is 16.4 Å². The van der Waals surface area contributed by atoms with Crippen molar-refractivity contribution in [1.82, 2.24) is 0 Å². The van der Waals surface area contributed by atoms with Crippen molar-refractivity contribution in [2.75, 3.05) is 16.4 Å². The van der Waals surface area contributed by atoms with Gasteiger partial charge in [-0.1, -0.05) is 11.6 Å². The first kappa shape index (κ1) is 17.2. The number of nitrogens with zero attached hydrogens (tertiary/aromatic N) is 1. The van der Waals surface area contributed by atoms with Gasteiger partial charge in [0, 0.05) is 18.0 Å². The van der Waals surface area contributed by atoms with Crippen LogP contribution in [0.25, 0.3) is 0 Å². The lowest BCUT2D eigenvalue weighted by molar-refractivity contribution is -0.112. The Balaban J connectivity index is 2.13. The second-order valence-corrected chi connectivity index (χ2v) is 5.04. The van der Waals surface area contributed by atoms with E-state index in [1.807, 2.05) is 0 Å². The molecule has 0 fully saturated rings. The number of anilines is 3. The van der Waals surface area contributed by atoms with Crippen molar-refractivity contribution in [2.45, 2.75) is 0 Å². The molecule has 0 heterocycles. The Hall–Kier alpha value is -3.11. The monoisotopic (exact) mass is 348 g/mol. The average Bonchev–Trinajstić information content (AvgIpc) is 2.53. The van der Waals surface area contributed by atoms with Crippen LogP contribution in [0, 0.1) is 23.0 Å². The van der Waals surface area contributed by atoms with Gasteiger partial charge in [0.25, 0.3) is 5.91 Å². The summed E-state index contributed by atoms with van der Waals surface area (Å²) in [5.41, 5.74) is 5.86. The number of nitriles is 1. The van der Waals surface area contributed by atoms with E-state index in [1.54, 1.807) is 6.07 Å². The number of carbonyl (C=O) groups excluding carboxylic acids is 1. The van der Waals surface area contributed by atoms with E-state index in [9.17, 15) is 13.6 Å². The van der Waals surface area contributed by atoms with Gasteiger partial charge in [0.05, 0.1) is 16.4 Å². The Morgan fingerprint density at radius 2 is 2.00 bits per heavy atom. The van der Waals surface area contributed by atoms with E-state index in [0.717, 1.165) is 18.3 Å². The van der Waals surface area contributed by atoms with Crippen molar-refractivity contribution in [3.8, 4) is 6.07 Å². The number of amides is 1. The van der Waals surface area contributed by atoms with Gasteiger partial charge in [-0.2, -0.15) is 5.26 Å². The topological polar surface area (TPSA) is 90.9 Å². The van der Waals surface area contributed by atoms with Crippen LogP contribution in [0.4, 0.5) is 25.8 Å². The maximum absolute atomic E-state index is 13.5. The SMILES string of the molecule is N#C/C(=C/Nc1ccc(F)cc1F)C(=O)Nc1ccc(N)c(Cl)c1. The quantitative estimate of drug-likeness (QED) is 0.447. The van der Waals surface area contributed by atoms with E-state index in [2.05, 4.69) is 10.6 Å². The molecule has 2 rings (SSSR count). The third-order valence-corrected chi connectivity index (χ3v) is 3.25. The highest BCUT2D eigenvalue weighted by molar-refractivity contribution is 6.33. The fourth-order valence-electron chi connectivity index (χ4n) is 1.71. The molecular formula is C16H11ClF2N4O. The molecule has 4 N–H and O–H groups in total. The number of halogens is 3. The van der Waals surface area contributed by atoms with E-state index >= 15 is 0 Å². The summed E-state index contributed by atoms with van der Waals surface area (Å²) in [4.78, 5) is 12.0. The number of hydrogen-bond donors (Lipinski definition) is 3. The maximum Gasteiger partial charge on any atom is 0.267 e. The molecule has 5 nitrogen and oxygen atoms in total. The van der Waals surface area contributed by atoms with Crippen molar-refractivity contribution < 1.29 is 13.6 Å². The summed E-state index contributed by atoms with van der Waals surface area (Å²) < 4.78 is 26.3. The lowest BCUT2D eigenvalue weighted by Crippen LogP contribution is -2.14. The standard InChI is InChI=1S/C16H11ClF2N4O/c17-12-6-11(2-3-14(12)21)23-16(24)9(7-20)8-22-15-4-1-10(18)5-13(15)19/h1-6,8,22H,21H2,(H,23,24)/b9-8-. The van der Waals surface area contributed by atoms with Gasteiger partial charge in [0.15, 0.2) is 0 Å². The van der Waals surface area contributed by atoms with Crippen molar-refractivity contribution in [1.29, 1.82) is 5.26 Å².